The van der Waals surface area contributed by atoms with Crippen molar-refractivity contribution in [2.24, 2.45) is 0 Å². The zero-order chi connectivity index (χ0) is 19.9. The summed E-state index contributed by atoms with van der Waals surface area (Å²) in [6.07, 6.45) is 0.151. The Labute approximate surface area is 168 Å². The van der Waals surface area contributed by atoms with Crippen LogP contribution < -0.4 is 5.32 Å². The number of carbonyl (C=O) groups is 2. The van der Waals surface area contributed by atoms with Gasteiger partial charge in [-0.2, -0.15) is 0 Å². The van der Waals surface area contributed by atoms with Crippen molar-refractivity contribution < 1.29 is 14.7 Å². The van der Waals surface area contributed by atoms with Gasteiger partial charge in [-0.25, -0.2) is 4.79 Å². The third-order valence-electron chi connectivity index (χ3n) is 4.47. The predicted octanol–water partition coefficient (Wildman–Crippen LogP) is 4.28. The molecular weight excluding hydrogens is 374 g/mol. The third kappa shape index (κ3) is 4.99. The molecule has 3 aromatic carbocycles. The van der Waals surface area contributed by atoms with Crippen molar-refractivity contribution in [1.82, 2.24) is 5.32 Å². The first-order valence-electron chi connectivity index (χ1n) is 8.92. The number of rotatable bonds is 7. The number of carbonyl (C=O) groups excluding carboxylic acids is 1. The maximum Gasteiger partial charge on any atom is 0.326 e. The number of aliphatic carboxylic acids is 1. The highest BCUT2D eigenvalue weighted by molar-refractivity contribution is 6.30. The van der Waals surface area contributed by atoms with Gasteiger partial charge in [0.2, 0.25) is 5.91 Å². The van der Waals surface area contributed by atoms with Gasteiger partial charge in [0.05, 0.1) is 5.92 Å². The minimum atomic E-state index is -1.09. The lowest BCUT2D eigenvalue weighted by Gasteiger charge is -2.21. The van der Waals surface area contributed by atoms with Gasteiger partial charge in [0.1, 0.15) is 6.04 Å². The molecule has 0 aliphatic rings. The second-order valence-electron chi connectivity index (χ2n) is 6.49. The molecule has 0 aromatic heterocycles. The molecule has 142 valence electrons. The molecule has 0 saturated heterocycles. The molecule has 1 amide bonds. The lowest BCUT2D eigenvalue weighted by molar-refractivity contribution is -0.141. The lowest BCUT2D eigenvalue weighted by Crippen LogP contribution is -2.44. The smallest absolute Gasteiger partial charge is 0.326 e. The number of carboxylic acids is 1. The number of hydrogen-bond acceptors (Lipinski definition) is 2. The minimum absolute atomic E-state index is 0.151. The number of amides is 1. The van der Waals surface area contributed by atoms with Gasteiger partial charge in [0.15, 0.2) is 0 Å². The van der Waals surface area contributed by atoms with Crippen LogP contribution in [0.25, 0.3) is 0 Å². The molecule has 0 aliphatic carbocycles. The Bertz CT molecular complexity index is 905. The van der Waals surface area contributed by atoms with Crippen LogP contribution in [0.5, 0.6) is 0 Å². The molecule has 0 heterocycles. The number of carboxylic acid groups (broad SMARTS) is 1. The van der Waals surface area contributed by atoms with Crippen molar-refractivity contribution in [3.8, 4) is 0 Å². The normalized spacial score (nSPS) is 11.8. The highest BCUT2D eigenvalue weighted by Crippen LogP contribution is 2.25. The lowest BCUT2D eigenvalue weighted by atomic mass is 9.90. The van der Waals surface area contributed by atoms with E-state index in [9.17, 15) is 14.7 Å². The van der Waals surface area contributed by atoms with Gasteiger partial charge >= 0.3 is 5.97 Å². The number of nitrogens with one attached hydrogen (secondary N) is 1. The Morgan fingerprint density at radius 2 is 1.43 bits per heavy atom. The quantitative estimate of drug-likeness (QED) is 0.629. The molecule has 0 fully saturated rings. The highest BCUT2D eigenvalue weighted by Gasteiger charge is 2.27. The predicted molar refractivity (Wildman–Crippen MR) is 109 cm³/mol. The number of benzene rings is 3. The zero-order valence-corrected chi connectivity index (χ0v) is 15.8. The van der Waals surface area contributed by atoms with E-state index in [0.29, 0.717) is 5.02 Å². The summed E-state index contributed by atoms with van der Waals surface area (Å²) in [5, 5.41) is 12.9. The standard InChI is InChI=1S/C23H20ClNO3/c24-19-13-7-8-16(14-19)15-20(23(27)28)25-22(26)21(17-9-3-1-4-10-17)18-11-5-2-6-12-18/h1-14,20-21H,15H2,(H,25,26)(H,27,28)/t20-/m1/s1. The topological polar surface area (TPSA) is 66.4 Å². The first-order chi connectivity index (χ1) is 13.5. The molecule has 0 radical (unpaired) electrons. The van der Waals surface area contributed by atoms with Crippen molar-refractivity contribution in [1.29, 1.82) is 0 Å². The van der Waals surface area contributed by atoms with Gasteiger partial charge in [-0.3, -0.25) is 4.79 Å². The van der Waals surface area contributed by atoms with Crippen LogP contribution in [0.1, 0.15) is 22.6 Å². The van der Waals surface area contributed by atoms with Crippen LogP contribution in [0.15, 0.2) is 84.9 Å². The van der Waals surface area contributed by atoms with Crippen LogP contribution in [0.4, 0.5) is 0 Å². The monoisotopic (exact) mass is 393 g/mol. The highest BCUT2D eigenvalue weighted by atomic mass is 35.5. The van der Waals surface area contributed by atoms with Crippen LogP contribution in [-0.2, 0) is 16.0 Å². The summed E-state index contributed by atoms with van der Waals surface area (Å²) in [5.41, 5.74) is 2.35. The summed E-state index contributed by atoms with van der Waals surface area (Å²) < 4.78 is 0. The van der Waals surface area contributed by atoms with E-state index in [0.717, 1.165) is 16.7 Å². The Kier molecular flexibility index (Phi) is 6.45. The van der Waals surface area contributed by atoms with Crippen LogP contribution in [0, 0.1) is 0 Å². The summed E-state index contributed by atoms with van der Waals surface area (Å²) in [7, 11) is 0. The molecule has 1 atom stereocenters. The van der Waals surface area contributed by atoms with Gasteiger partial charge in [0.25, 0.3) is 0 Å². The van der Waals surface area contributed by atoms with E-state index in [1.54, 1.807) is 24.3 Å². The summed E-state index contributed by atoms with van der Waals surface area (Å²) in [6, 6.07) is 24.6. The van der Waals surface area contributed by atoms with Gasteiger partial charge in [-0.1, -0.05) is 84.4 Å². The van der Waals surface area contributed by atoms with Crippen molar-refractivity contribution in [2.75, 3.05) is 0 Å². The van der Waals surface area contributed by atoms with E-state index >= 15 is 0 Å². The molecule has 0 unspecified atom stereocenters. The van der Waals surface area contributed by atoms with Crippen molar-refractivity contribution in [2.45, 2.75) is 18.4 Å². The molecule has 0 aliphatic heterocycles. The third-order valence-corrected chi connectivity index (χ3v) is 4.71. The van der Waals surface area contributed by atoms with E-state index in [4.69, 9.17) is 11.6 Å². The fourth-order valence-electron chi connectivity index (χ4n) is 3.14. The first-order valence-corrected chi connectivity index (χ1v) is 9.30. The average Bonchev–Trinajstić information content (AvgIpc) is 2.69. The number of halogens is 1. The SMILES string of the molecule is O=C(N[C@H](Cc1cccc(Cl)c1)C(=O)O)C(c1ccccc1)c1ccccc1. The van der Waals surface area contributed by atoms with Gasteiger partial charge in [0, 0.05) is 11.4 Å². The van der Waals surface area contributed by atoms with E-state index < -0.39 is 17.9 Å². The Hall–Kier alpha value is -3.11. The molecular formula is C23H20ClNO3. The molecule has 2 N–H and O–H groups in total. The molecule has 28 heavy (non-hydrogen) atoms. The van der Waals surface area contributed by atoms with Crippen LogP contribution in [0.2, 0.25) is 5.02 Å². The summed E-state index contributed by atoms with van der Waals surface area (Å²) >= 11 is 5.99. The molecule has 4 nitrogen and oxygen atoms in total. The van der Waals surface area contributed by atoms with Gasteiger partial charge in [-0.15, -0.1) is 0 Å². The molecule has 3 aromatic rings. The fourth-order valence-corrected chi connectivity index (χ4v) is 3.35. The largest absolute Gasteiger partial charge is 0.480 e. The zero-order valence-electron chi connectivity index (χ0n) is 15.1. The van der Waals surface area contributed by atoms with Crippen LogP contribution in [-0.4, -0.2) is 23.0 Å². The Morgan fingerprint density at radius 1 is 0.857 bits per heavy atom. The van der Waals surface area contributed by atoms with Crippen molar-refractivity contribution in [3.05, 3.63) is 107 Å². The Morgan fingerprint density at radius 3 is 1.93 bits per heavy atom. The molecule has 3 rings (SSSR count). The Balaban J connectivity index is 1.86. The van der Waals surface area contributed by atoms with Crippen molar-refractivity contribution in [3.63, 3.8) is 0 Å². The van der Waals surface area contributed by atoms with Crippen LogP contribution in [0.3, 0.4) is 0 Å². The second-order valence-corrected chi connectivity index (χ2v) is 6.92. The van der Waals surface area contributed by atoms with Gasteiger partial charge in [-0.05, 0) is 28.8 Å². The minimum Gasteiger partial charge on any atom is -0.480 e. The maximum atomic E-state index is 13.1. The summed E-state index contributed by atoms with van der Waals surface area (Å²) in [6.45, 7) is 0. The molecule has 0 bridgehead atoms. The van der Waals surface area contributed by atoms with Gasteiger partial charge < -0.3 is 10.4 Å². The van der Waals surface area contributed by atoms with E-state index in [1.165, 1.54) is 0 Å². The first kappa shape index (κ1) is 19.6. The van der Waals surface area contributed by atoms with E-state index in [2.05, 4.69) is 5.32 Å². The summed E-state index contributed by atoms with van der Waals surface area (Å²) in [5.74, 6) is -2.04. The fraction of sp³-hybridized carbons (Fsp3) is 0.130. The molecule has 0 saturated carbocycles. The van der Waals surface area contributed by atoms with E-state index in [-0.39, 0.29) is 12.3 Å². The molecule has 5 heteroatoms. The van der Waals surface area contributed by atoms with E-state index in [1.807, 2.05) is 60.7 Å². The summed E-state index contributed by atoms with van der Waals surface area (Å²) in [4.78, 5) is 24.9. The van der Waals surface area contributed by atoms with Crippen LogP contribution >= 0.6 is 11.6 Å². The molecule has 0 spiro atoms. The second kappa shape index (κ2) is 9.20. The van der Waals surface area contributed by atoms with Crippen molar-refractivity contribution >= 4 is 23.5 Å². The average molecular weight is 394 g/mol. The maximum absolute atomic E-state index is 13.1. The number of hydrogen-bond donors (Lipinski definition) is 2.